The van der Waals surface area contributed by atoms with Crippen LogP contribution in [0.2, 0.25) is 0 Å². The third-order valence-electron chi connectivity index (χ3n) is 4.14. The van der Waals surface area contributed by atoms with Crippen molar-refractivity contribution in [3.8, 4) is 16.9 Å². The van der Waals surface area contributed by atoms with Crippen molar-refractivity contribution in [1.29, 1.82) is 0 Å². The van der Waals surface area contributed by atoms with Crippen LogP contribution in [0.3, 0.4) is 0 Å². The molecule has 0 aliphatic rings. The van der Waals surface area contributed by atoms with Gasteiger partial charge in [-0.05, 0) is 30.3 Å². The number of alkyl halides is 3. The van der Waals surface area contributed by atoms with Crippen LogP contribution in [0.25, 0.3) is 11.1 Å². The molecule has 0 aliphatic heterocycles. The average molecular weight is 450 g/mol. The number of hydrogen-bond acceptors (Lipinski definition) is 7. The van der Waals surface area contributed by atoms with Crippen molar-refractivity contribution in [2.24, 2.45) is 0 Å². The van der Waals surface area contributed by atoms with Crippen LogP contribution in [0, 0.1) is 0 Å². The van der Waals surface area contributed by atoms with E-state index in [4.69, 9.17) is 11.6 Å². The van der Waals surface area contributed by atoms with Gasteiger partial charge in [-0.2, -0.15) is 0 Å². The van der Waals surface area contributed by atoms with Gasteiger partial charge in [-0.1, -0.05) is 0 Å². The summed E-state index contributed by atoms with van der Waals surface area (Å²) < 4.78 is 29.6. The van der Waals surface area contributed by atoms with Crippen LogP contribution in [-0.2, 0) is 0 Å². The lowest BCUT2D eigenvalue weighted by atomic mass is 10.1. The van der Waals surface area contributed by atoms with Crippen molar-refractivity contribution in [3.63, 3.8) is 0 Å². The summed E-state index contributed by atoms with van der Waals surface area (Å²) >= 11 is 4.73. The summed E-state index contributed by atoms with van der Waals surface area (Å²) in [6.07, 6.45) is 5.97. The van der Waals surface area contributed by atoms with E-state index in [2.05, 4.69) is 25.0 Å². The number of ether oxygens (including phenoxy) is 1. The highest BCUT2D eigenvalue weighted by molar-refractivity contribution is 6.20. The minimum absolute atomic E-state index is 0.0689. The number of hydrogen-bond donors (Lipinski definition) is 2. The molecular weight excluding hydrogens is 432 g/mol. The predicted molar refractivity (Wildman–Crippen MR) is 111 cm³/mol. The van der Waals surface area contributed by atoms with Gasteiger partial charge in [-0.3, -0.25) is 4.79 Å². The van der Waals surface area contributed by atoms with Crippen LogP contribution in [0.4, 0.5) is 20.3 Å². The van der Waals surface area contributed by atoms with Crippen LogP contribution in [0.5, 0.6) is 5.75 Å². The summed E-state index contributed by atoms with van der Waals surface area (Å²) in [5.74, 6) is -0.0653. The molecule has 1 amide bonds. The topological polar surface area (TPSA) is 100 Å². The first kappa shape index (κ1) is 22.3. The van der Waals surface area contributed by atoms with Crippen LogP contribution in [-0.4, -0.2) is 51.7 Å². The Labute approximate surface area is 181 Å². The van der Waals surface area contributed by atoms with E-state index in [1.165, 1.54) is 36.8 Å². The monoisotopic (exact) mass is 449 g/mol. The maximum absolute atomic E-state index is 12.7. The van der Waals surface area contributed by atoms with Crippen molar-refractivity contribution >= 4 is 29.0 Å². The number of aromatic nitrogens is 3. The molecule has 0 saturated carbocycles. The molecule has 0 aliphatic carbocycles. The maximum Gasteiger partial charge on any atom is 0.487 e. The van der Waals surface area contributed by atoms with E-state index in [1.54, 1.807) is 30.4 Å². The molecule has 0 atom stereocenters. The molecule has 2 N–H and O–H groups in total. The van der Waals surface area contributed by atoms with E-state index >= 15 is 0 Å². The van der Waals surface area contributed by atoms with Crippen molar-refractivity contribution < 1.29 is 23.4 Å². The van der Waals surface area contributed by atoms with E-state index < -0.39 is 11.5 Å². The maximum atomic E-state index is 12.7. The molecule has 0 saturated heterocycles. The summed E-state index contributed by atoms with van der Waals surface area (Å²) in [6, 6.07) is 6.95. The van der Waals surface area contributed by atoms with Gasteiger partial charge in [-0.15, -0.1) is 8.78 Å². The number of halogens is 3. The van der Waals surface area contributed by atoms with Crippen LogP contribution in [0.15, 0.2) is 55.2 Å². The quantitative estimate of drug-likeness (QED) is 0.508. The molecule has 11 heteroatoms. The normalized spacial score (nSPS) is 11.1. The van der Waals surface area contributed by atoms with E-state index in [1.807, 2.05) is 0 Å². The molecule has 8 nitrogen and oxygen atoms in total. The lowest BCUT2D eigenvalue weighted by molar-refractivity contribution is -0.0964. The first-order valence-corrected chi connectivity index (χ1v) is 9.39. The number of nitrogens with one attached hydrogen (secondary N) is 1. The molecule has 0 bridgehead atoms. The molecule has 162 valence electrons. The fourth-order valence-electron chi connectivity index (χ4n) is 2.74. The van der Waals surface area contributed by atoms with Crippen molar-refractivity contribution in [2.45, 2.75) is 5.57 Å². The minimum atomic E-state index is -3.82. The van der Waals surface area contributed by atoms with E-state index in [0.717, 1.165) is 0 Å². The van der Waals surface area contributed by atoms with Gasteiger partial charge in [0.1, 0.15) is 17.9 Å². The number of anilines is 2. The number of amides is 1. The number of aliphatic hydroxyl groups excluding tert-OH is 1. The van der Waals surface area contributed by atoms with Crippen molar-refractivity contribution in [3.05, 3.63) is 60.8 Å². The summed E-state index contributed by atoms with van der Waals surface area (Å²) in [7, 11) is 1.76. The summed E-state index contributed by atoms with van der Waals surface area (Å²) in [6.45, 7) is 0.273. The van der Waals surface area contributed by atoms with Gasteiger partial charge < -0.3 is 20.1 Å². The van der Waals surface area contributed by atoms with Gasteiger partial charge in [0.25, 0.3) is 5.91 Å². The molecule has 1 aromatic carbocycles. The Morgan fingerprint density at radius 3 is 2.52 bits per heavy atom. The van der Waals surface area contributed by atoms with E-state index in [-0.39, 0.29) is 17.9 Å². The molecule has 3 rings (SSSR count). The lowest BCUT2D eigenvalue weighted by Gasteiger charge is -2.20. The third-order valence-corrected chi connectivity index (χ3v) is 4.22. The Morgan fingerprint density at radius 1 is 1.23 bits per heavy atom. The van der Waals surface area contributed by atoms with Gasteiger partial charge in [0, 0.05) is 60.6 Å². The summed E-state index contributed by atoms with van der Waals surface area (Å²) in [4.78, 5) is 26.8. The summed E-state index contributed by atoms with van der Waals surface area (Å²) in [5.41, 5.74) is -1.95. The fourth-order valence-corrected chi connectivity index (χ4v) is 2.82. The summed E-state index contributed by atoms with van der Waals surface area (Å²) in [5, 5.41) is 11.9. The number of carbonyl (C=O) groups excluding carboxylic acids is 1. The zero-order valence-electron chi connectivity index (χ0n) is 16.3. The highest BCUT2D eigenvalue weighted by Gasteiger charge is 2.27. The molecular formula is C20H18ClF2N5O3. The average Bonchev–Trinajstić information content (AvgIpc) is 2.74. The largest absolute Gasteiger partial charge is 0.487 e. The van der Waals surface area contributed by atoms with Crippen LogP contribution < -0.4 is 15.0 Å². The van der Waals surface area contributed by atoms with Crippen LogP contribution >= 0.6 is 11.6 Å². The number of aliphatic hydroxyl groups is 1. The second kappa shape index (κ2) is 9.63. The Morgan fingerprint density at radius 2 is 1.90 bits per heavy atom. The Balaban J connectivity index is 1.84. The smallest absolute Gasteiger partial charge is 0.420 e. The molecule has 31 heavy (non-hydrogen) atoms. The van der Waals surface area contributed by atoms with Gasteiger partial charge in [0.05, 0.1) is 12.2 Å². The van der Waals surface area contributed by atoms with Gasteiger partial charge in [-0.25, -0.2) is 15.0 Å². The molecule has 0 fully saturated rings. The van der Waals surface area contributed by atoms with Gasteiger partial charge >= 0.3 is 5.57 Å². The lowest BCUT2D eigenvalue weighted by Crippen LogP contribution is -2.23. The van der Waals surface area contributed by atoms with Gasteiger partial charge in [0.2, 0.25) is 0 Å². The van der Waals surface area contributed by atoms with Crippen molar-refractivity contribution in [1.82, 2.24) is 15.0 Å². The second-order valence-electron chi connectivity index (χ2n) is 6.39. The third kappa shape index (κ3) is 6.06. The van der Waals surface area contributed by atoms with Crippen molar-refractivity contribution in [2.75, 3.05) is 30.4 Å². The first-order chi connectivity index (χ1) is 14.8. The highest BCUT2D eigenvalue weighted by atomic mass is 35.5. The Hall–Kier alpha value is -3.37. The number of nitrogens with zero attached hydrogens (tertiary/aromatic N) is 4. The molecule has 3 aromatic rings. The molecule has 0 unspecified atom stereocenters. The second-order valence-corrected chi connectivity index (χ2v) is 6.83. The number of benzene rings is 1. The standard InChI is InChI=1S/C20H18ClF2N5O3/c1-28(6-7-29)18-17(14-9-24-12-25-10-14)8-13(11-26-18)19(30)27-15-2-4-16(5-3-15)31-20(21,22)23/h2-5,8-12,29H,6-7H2,1H3,(H,27,30). The Kier molecular flexibility index (Phi) is 6.93. The zero-order chi connectivity index (χ0) is 22.4. The SMILES string of the molecule is CN(CCO)c1ncc(C(=O)Nc2ccc(OC(F)(F)Cl)cc2)cc1-c1cncnc1. The number of rotatable bonds is 8. The molecule has 2 aromatic heterocycles. The molecule has 0 radical (unpaired) electrons. The minimum Gasteiger partial charge on any atom is -0.420 e. The van der Waals surface area contributed by atoms with Gasteiger partial charge in [0.15, 0.2) is 0 Å². The zero-order valence-corrected chi connectivity index (χ0v) is 17.1. The Bertz CT molecular complexity index is 1030. The first-order valence-electron chi connectivity index (χ1n) is 9.01. The van der Waals surface area contributed by atoms with Crippen LogP contribution in [0.1, 0.15) is 10.4 Å². The van der Waals surface area contributed by atoms with E-state index in [9.17, 15) is 18.7 Å². The number of likely N-dealkylation sites (N-methyl/N-ethyl adjacent to an activating group) is 1. The predicted octanol–water partition coefficient (Wildman–Crippen LogP) is 3.39. The van der Waals surface area contributed by atoms with E-state index in [0.29, 0.717) is 29.2 Å². The fraction of sp³-hybridized carbons (Fsp3) is 0.200. The number of pyridine rings is 1. The molecule has 2 heterocycles. The number of carbonyl (C=O) groups is 1. The molecule has 0 spiro atoms. The highest BCUT2D eigenvalue weighted by Crippen LogP contribution is 2.29.